The molecule has 1 aliphatic carbocycles. The summed E-state index contributed by atoms with van der Waals surface area (Å²) in [5.41, 5.74) is 1.60. The van der Waals surface area contributed by atoms with Crippen molar-refractivity contribution in [2.75, 3.05) is 6.54 Å². The van der Waals surface area contributed by atoms with Crippen LogP contribution in [0.25, 0.3) is 0 Å². The van der Waals surface area contributed by atoms with Gasteiger partial charge in [-0.05, 0) is 31.4 Å². The fourth-order valence-electron chi connectivity index (χ4n) is 2.12. The van der Waals surface area contributed by atoms with Crippen molar-refractivity contribution in [3.8, 4) is 0 Å². The molecule has 102 valence electrons. The quantitative estimate of drug-likeness (QED) is 0.885. The van der Waals surface area contributed by atoms with Crippen LogP contribution in [0.15, 0.2) is 24.3 Å². The lowest BCUT2D eigenvalue weighted by Gasteiger charge is -2.25. The lowest BCUT2D eigenvalue weighted by Crippen LogP contribution is -2.38. The van der Waals surface area contributed by atoms with Crippen LogP contribution in [0, 0.1) is 12.8 Å². The number of carbonyl (C=O) groups excluding carboxylic acids is 1. The zero-order chi connectivity index (χ0) is 14.0. The number of hydrogen-bond acceptors (Lipinski definition) is 2. The SMILES string of the molecule is Cc1ccccc1C(=O)N(C[C@H](C)C(=O)O)C1CC1. The van der Waals surface area contributed by atoms with E-state index >= 15 is 0 Å². The number of rotatable bonds is 5. The maximum Gasteiger partial charge on any atom is 0.308 e. The fourth-order valence-corrected chi connectivity index (χ4v) is 2.12. The molecule has 0 bridgehead atoms. The van der Waals surface area contributed by atoms with Crippen molar-refractivity contribution >= 4 is 11.9 Å². The Morgan fingerprint density at radius 3 is 2.53 bits per heavy atom. The van der Waals surface area contributed by atoms with Crippen molar-refractivity contribution in [3.63, 3.8) is 0 Å². The molecule has 1 saturated carbocycles. The molecule has 1 fully saturated rings. The minimum Gasteiger partial charge on any atom is -0.481 e. The van der Waals surface area contributed by atoms with E-state index in [1.54, 1.807) is 17.9 Å². The average molecular weight is 261 g/mol. The summed E-state index contributed by atoms with van der Waals surface area (Å²) >= 11 is 0. The van der Waals surface area contributed by atoms with Gasteiger partial charge in [-0.3, -0.25) is 9.59 Å². The molecular weight excluding hydrogens is 242 g/mol. The summed E-state index contributed by atoms with van der Waals surface area (Å²) in [6, 6.07) is 7.66. The molecule has 2 rings (SSSR count). The standard InChI is InChI=1S/C15H19NO3/c1-10-5-3-4-6-13(10)14(17)16(12-7-8-12)9-11(2)15(18)19/h3-6,11-12H,7-9H2,1-2H3,(H,18,19)/t11-/m0/s1. The normalized spacial score (nSPS) is 15.9. The molecule has 0 spiro atoms. The first-order valence-corrected chi connectivity index (χ1v) is 6.60. The van der Waals surface area contributed by atoms with E-state index in [9.17, 15) is 9.59 Å². The zero-order valence-corrected chi connectivity index (χ0v) is 11.3. The Morgan fingerprint density at radius 1 is 1.37 bits per heavy atom. The summed E-state index contributed by atoms with van der Waals surface area (Å²) in [7, 11) is 0. The van der Waals surface area contributed by atoms with Gasteiger partial charge in [-0.25, -0.2) is 0 Å². The molecule has 1 aromatic rings. The molecule has 1 aromatic carbocycles. The molecule has 1 N–H and O–H groups in total. The number of amides is 1. The van der Waals surface area contributed by atoms with Crippen molar-refractivity contribution < 1.29 is 14.7 Å². The number of hydrogen-bond donors (Lipinski definition) is 1. The van der Waals surface area contributed by atoms with Gasteiger partial charge in [0.1, 0.15) is 0 Å². The van der Waals surface area contributed by atoms with Crippen molar-refractivity contribution in [2.24, 2.45) is 5.92 Å². The van der Waals surface area contributed by atoms with Crippen molar-refractivity contribution in [3.05, 3.63) is 35.4 Å². The Bertz CT molecular complexity index is 494. The van der Waals surface area contributed by atoms with Gasteiger partial charge >= 0.3 is 5.97 Å². The Balaban J connectivity index is 2.18. The molecule has 0 heterocycles. The van der Waals surface area contributed by atoms with E-state index < -0.39 is 11.9 Å². The minimum atomic E-state index is -0.858. The van der Waals surface area contributed by atoms with E-state index in [0.717, 1.165) is 18.4 Å². The maximum atomic E-state index is 12.5. The van der Waals surface area contributed by atoms with Crippen molar-refractivity contribution in [1.29, 1.82) is 0 Å². The maximum absolute atomic E-state index is 12.5. The first-order chi connectivity index (χ1) is 9.00. The fraction of sp³-hybridized carbons (Fsp3) is 0.467. The largest absolute Gasteiger partial charge is 0.481 e. The second-order valence-electron chi connectivity index (χ2n) is 5.24. The van der Waals surface area contributed by atoms with Crippen LogP contribution in [0.3, 0.4) is 0 Å². The summed E-state index contributed by atoms with van der Waals surface area (Å²) in [5.74, 6) is -1.44. The number of carboxylic acid groups (broad SMARTS) is 1. The second-order valence-corrected chi connectivity index (χ2v) is 5.24. The monoisotopic (exact) mass is 261 g/mol. The van der Waals surface area contributed by atoms with Gasteiger partial charge in [-0.1, -0.05) is 25.1 Å². The van der Waals surface area contributed by atoms with Gasteiger partial charge in [0, 0.05) is 18.2 Å². The van der Waals surface area contributed by atoms with Crippen LogP contribution in [-0.4, -0.2) is 34.5 Å². The third-order valence-corrected chi connectivity index (χ3v) is 3.52. The van der Waals surface area contributed by atoms with Crippen molar-refractivity contribution in [1.82, 2.24) is 4.90 Å². The van der Waals surface area contributed by atoms with Crippen LogP contribution in [-0.2, 0) is 4.79 Å². The van der Waals surface area contributed by atoms with E-state index in [4.69, 9.17) is 5.11 Å². The van der Waals surface area contributed by atoms with E-state index in [0.29, 0.717) is 5.56 Å². The number of carboxylic acids is 1. The molecule has 4 heteroatoms. The molecule has 0 aliphatic heterocycles. The highest BCUT2D eigenvalue weighted by molar-refractivity contribution is 5.96. The van der Waals surface area contributed by atoms with Crippen LogP contribution in [0.4, 0.5) is 0 Å². The lowest BCUT2D eigenvalue weighted by atomic mass is 10.1. The molecule has 1 atom stereocenters. The number of aliphatic carboxylic acids is 1. The Kier molecular flexibility index (Phi) is 3.88. The van der Waals surface area contributed by atoms with Crippen LogP contribution in [0.2, 0.25) is 0 Å². The smallest absolute Gasteiger partial charge is 0.308 e. The van der Waals surface area contributed by atoms with E-state index in [1.165, 1.54) is 0 Å². The summed E-state index contributed by atoms with van der Waals surface area (Å²) in [6.45, 7) is 3.83. The predicted octanol–water partition coefficient (Wildman–Crippen LogP) is 2.32. The third kappa shape index (κ3) is 3.13. The number of nitrogens with zero attached hydrogens (tertiary/aromatic N) is 1. The number of carbonyl (C=O) groups is 2. The summed E-state index contributed by atoms with van der Waals surface area (Å²) < 4.78 is 0. The Morgan fingerprint density at radius 2 is 2.00 bits per heavy atom. The van der Waals surface area contributed by atoms with Gasteiger partial charge in [0.15, 0.2) is 0 Å². The molecule has 0 aromatic heterocycles. The first kappa shape index (κ1) is 13.6. The zero-order valence-electron chi connectivity index (χ0n) is 11.3. The molecular formula is C15H19NO3. The van der Waals surface area contributed by atoms with Gasteiger partial charge in [-0.15, -0.1) is 0 Å². The van der Waals surface area contributed by atoms with Gasteiger partial charge in [0.2, 0.25) is 0 Å². The molecule has 0 saturated heterocycles. The van der Waals surface area contributed by atoms with Crippen LogP contribution >= 0.6 is 0 Å². The van der Waals surface area contributed by atoms with Gasteiger partial charge in [0.05, 0.1) is 5.92 Å². The highest BCUT2D eigenvalue weighted by Crippen LogP contribution is 2.29. The van der Waals surface area contributed by atoms with Gasteiger partial charge in [-0.2, -0.15) is 0 Å². The predicted molar refractivity (Wildman–Crippen MR) is 72.0 cm³/mol. The lowest BCUT2D eigenvalue weighted by molar-refractivity contribution is -0.141. The highest BCUT2D eigenvalue weighted by Gasteiger charge is 2.35. The first-order valence-electron chi connectivity index (χ1n) is 6.60. The third-order valence-electron chi connectivity index (χ3n) is 3.52. The Hall–Kier alpha value is -1.84. The average Bonchev–Trinajstić information content (AvgIpc) is 3.19. The number of aryl methyl sites for hydroxylation is 1. The van der Waals surface area contributed by atoms with E-state index in [1.807, 2.05) is 25.1 Å². The molecule has 4 nitrogen and oxygen atoms in total. The summed E-state index contributed by atoms with van der Waals surface area (Å²) in [6.07, 6.45) is 1.95. The number of benzene rings is 1. The highest BCUT2D eigenvalue weighted by atomic mass is 16.4. The Labute approximate surface area is 113 Å². The topological polar surface area (TPSA) is 57.6 Å². The summed E-state index contributed by atoms with van der Waals surface area (Å²) in [5, 5.41) is 9.00. The molecule has 1 amide bonds. The van der Waals surface area contributed by atoms with Gasteiger partial charge in [0.25, 0.3) is 5.91 Å². The van der Waals surface area contributed by atoms with E-state index in [2.05, 4.69) is 0 Å². The summed E-state index contributed by atoms with van der Waals surface area (Å²) in [4.78, 5) is 25.2. The second kappa shape index (κ2) is 5.43. The van der Waals surface area contributed by atoms with Gasteiger partial charge < -0.3 is 10.0 Å². The molecule has 19 heavy (non-hydrogen) atoms. The molecule has 0 unspecified atom stereocenters. The van der Waals surface area contributed by atoms with Crippen LogP contribution < -0.4 is 0 Å². The molecule has 0 radical (unpaired) electrons. The molecule has 1 aliphatic rings. The van der Waals surface area contributed by atoms with Crippen molar-refractivity contribution in [2.45, 2.75) is 32.7 Å². The minimum absolute atomic E-state index is 0.0475. The van der Waals surface area contributed by atoms with E-state index in [-0.39, 0.29) is 18.5 Å². The van der Waals surface area contributed by atoms with Crippen LogP contribution in [0.1, 0.15) is 35.7 Å². The van der Waals surface area contributed by atoms with Crippen LogP contribution in [0.5, 0.6) is 0 Å².